The number of benzene rings is 2. The molecule has 0 saturated heterocycles. The lowest BCUT2D eigenvalue weighted by Crippen LogP contribution is -2.41. The molecule has 0 bridgehead atoms. The number of methoxy groups -OCH3 is 1. The first-order valence-corrected chi connectivity index (χ1v) is 13.0. The number of esters is 1. The lowest BCUT2D eigenvalue weighted by molar-refractivity contribution is -0.143. The average molecular weight is 547 g/mol. The van der Waals surface area contributed by atoms with Crippen molar-refractivity contribution < 1.29 is 23.9 Å². The van der Waals surface area contributed by atoms with E-state index in [1.165, 1.54) is 9.47 Å². The third-order valence-corrected chi connectivity index (χ3v) is 7.51. The van der Waals surface area contributed by atoms with Gasteiger partial charge in [0.25, 0.3) is 11.5 Å². The Morgan fingerprint density at radius 3 is 2.44 bits per heavy atom. The van der Waals surface area contributed by atoms with Gasteiger partial charge in [-0.25, -0.2) is 9.79 Å². The highest BCUT2D eigenvalue weighted by Crippen LogP contribution is 2.35. The Hall–Kier alpha value is -4.51. The van der Waals surface area contributed by atoms with Crippen molar-refractivity contribution in [1.82, 2.24) is 4.57 Å². The number of amides is 2. The average Bonchev–Trinajstić information content (AvgIpc) is 3.35. The van der Waals surface area contributed by atoms with Crippen LogP contribution in [-0.2, 0) is 19.1 Å². The highest BCUT2D eigenvalue weighted by molar-refractivity contribution is 7.07. The van der Waals surface area contributed by atoms with Gasteiger partial charge in [0.2, 0.25) is 5.91 Å². The summed E-state index contributed by atoms with van der Waals surface area (Å²) in [6.45, 7) is 4.86. The number of primary amides is 1. The number of nitrogens with zero attached hydrogens (tertiary/aromatic N) is 3. The van der Waals surface area contributed by atoms with Crippen molar-refractivity contribution in [1.29, 1.82) is 0 Å². The van der Waals surface area contributed by atoms with E-state index in [-0.39, 0.29) is 28.3 Å². The van der Waals surface area contributed by atoms with Gasteiger partial charge in [-0.1, -0.05) is 41.7 Å². The summed E-state index contributed by atoms with van der Waals surface area (Å²) >= 11 is 1.06. The first-order valence-electron chi connectivity index (χ1n) is 12.2. The van der Waals surface area contributed by atoms with Crippen LogP contribution in [0, 0.1) is 0 Å². The highest BCUT2D eigenvalue weighted by atomic mass is 32.1. The summed E-state index contributed by atoms with van der Waals surface area (Å²) in [5.74, 6) is -1.15. The van der Waals surface area contributed by atoms with Crippen molar-refractivity contribution in [3.8, 4) is 5.75 Å². The van der Waals surface area contributed by atoms with E-state index >= 15 is 0 Å². The number of allylic oxidation sites excluding steroid dienone is 1. The minimum absolute atomic E-state index is 0.156. The fourth-order valence-corrected chi connectivity index (χ4v) is 5.96. The Balaban J connectivity index is 1.78. The molecule has 3 aromatic rings. The second kappa shape index (κ2) is 9.99. The minimum atomic E-state index is -0.846. The number of hydrogen-bond donors (Lipinski definition) is 1. The smallest absolute Gasteiger partial charge is 0.338 e. The standard InChI is InChI=1S/C28H26N4O6S/c1-14(2)38-27(36)21-15(3)30-28-32(23(21)16-9-11-17(37-4)12-10-16)26(35)24(39-28)22-18-7-5-6-8-19(18)31(25(22)34)13-20(29)33/h5-12,14,23H,13H2,1-4H3,(H2,29,33)/b24-22-. The van der Waals surface area contributed by atoms with Crippen LogP contribution in [0.15, 0.2) is 69.6 Å². The van der Waals surface area contributed by atoms with Gasteiger partial charge >= 0.3 is 5.97 Å². The molecular weight excluding hydrogens is 520 g/mol. The van der Waals surface area contributed by atoms with E-state index < -0.39 is 29.4 Å². The number of nitrogens with two attached hydrogens (primary N) is 1. The van der Waals surface area contributed by atoms with Gasteiger partial charge < -0.3 is 15.2 Å². The SMILES string of the molecule is COc1ccc(C2C(C(=O)OC(C)C)=C(C)N=c3s/c(=C4\C(=O)N(CC(N)=O)c5ccccc54)c(=O)n32)cc1. The van der Waals surface area contributed by atoms with Crippen LogP contribution in [0.2, 0.25) is 0 Å². The van der Waals surface area contributed by atoms with Gasteiger partial charge in [-0.15, -0.1) is 0 Å². The van der Waals surface area contributed by atoms with Crippen LogP contribution in [-0.4, -0.2) is 42.1 Å². The van der Waals surface area contributed by atoms with Crippen LogP contribution >= 0.6 is 11.3 Å². The van der Waals surface area contributed by atoms with Crippen LogP contribution in [0.25, 0.3) is 5.57 Å². The van der Waals surface area contributed by atoms with Gasteiger partial charge in [-0.2, -0.15) is 0 Å². The summed E-state index contributed by atoms with van der Waals surface area (Å²) in [6, 6.07) is 13.1. The number of carbonyl (C=O) groups is 3. The summed E-state index contributed by atoms with van der Waals surface area (Å²) in [5, 5.41) is 0. The number of carbonyl (C=O) groups excluding carboxylic acids is 3. The van der Waals surface area contributed by atoms with E-state index in [1.54, 1.807) is 76.4 Å². The molecule has 0 aliphatic carbocycles. The van der Waals surface area contributed by atoms with Crippen molar-refractivity contribution in [3.05, 3.63) is 90.6 Å². The predicted octanol–water partition coefficient (Wildman–Crippen LogP) is 1.40. The molecule has 2 aliphatic rings. The van der Waals surface area contributed by atoms with Crippen LogP contribution in [0.4, 0.5) is 5.69 Å². The van der Waals surface area contributed by atoms with Gasteiger partial charge in [0.15, 0.2) is 4.80 Å². The van der Waals surface area contributed by atoms with Gasteiger partial charge in [0.1, 0.15) is 16.8 Å². The van der Waals surface area contributed by atoms with Crippen LogP contribution in [0.5, 0.6) is 5.75 Å². The van der Waals surface area contributed by atoms with E-state index in [2.05, 4.69) is 4.99 Å². The number of aromatic nitrogens is 1. The maximum absolute atomic E-state index is 14.1. The van der Waals surface area contributed by atoms with Crippen LogP contribution < -0.4 is 30.3 Å². The molecule has 1 aromatic heterocycles. The van der Waals surface area contributed by atoms with Crippen molar-refractivity contribution in [2.24, 2.45) is 10.7 Å². The molecule has 5 rings (SSSR count). The lowest BCUT2D eigenvalue weighted by Gasteiger charge is -2.25. The maximum atomic E-state index is 14.1. The van der Waals surface area contributed by atoms with Gasteiger partial charge in [0, 0.05) is 5.56 Å². The summed E-state index contributed by atoms with van der Waals surface area (Å²) in [6.07, 6.45) is -0.384. The molecule has 10 nitrogen and oxygen atoms in total. The minimum Gasteiger partial charge on any atom is -0.497 e. The highest BCUT2D eigenvalue weighted by Gasteiger charge is 2.37. The van der Waals surface area contributed by atoms with E-state index in [1.807, 2.05) is 0 Å². The number of thiazole rings is 1. The third-order valence-electron chi connectivity index (χ3n) is 6.46. The molecule has 2 N–H and O–H groups in total. The molecule has 200 valence electrons. The Morgan fingerprint density at radius 1 is 1.10 bits per heavy atom. The van der Waals surface area contributed by atoms with Gasteiger partial charge in [-0.3, -0.25) is 23.9 Å². The summed E-state index contributed by atoms with van der Waals surface area (Å²) in [4.78, 5) is 58.9. The van der Waals surface area contributed by atoms with Crippen LogP contribution in [0.1, 0.15) is 37.9 Å². The molecular formula is C28H26N4O6S. The van der Waals surface area contributed by atoms with Gasteiger partial charge in [0.05, 0.1) is 41.8 Å². The predicted molar refractivity (Wildman–Crippen MR) is 145 cm³/mol. The molecule has 2 aliphatic heterocycles. The topological polar surface area (TPSA) is 133 Å². The molecule has 39 heavy (non-hydrogen) atoms. The molecule has 0 saturated carbocycles. The lowest BCUT2D eigenvalue weighted by atomic mass is 9.95. The van der Waals surface area contributed by atoms with Crippen molar-refractivity contribution >= 4 is 40.4 Å². The molecule has 1 unspecified atom stereocenters. The first kappa shape index (κ1) is 26.1. The Morgan fingerprint density at radius 2 is 1.79 bits per heavy atom. The molecule has 2 amide bonds. The zero-order valence-corrected chi connectivity index (χ0v) is 22.6. The molecule has 2 aromatic carbocycles. The third kappa shape index (κ3) is 4.44. The molecule has 11 heteroatoms. The maximum Gasteiger partial charge on any atom is 0.338 e. The molecule has 1 atom stereocenters. The monoisotopic (exact) mass is 546 g/mol. The summed E-state index contributed by atoms with van der Waals surface area (Å²) in [5.41, 5.74) is 7.38. The van der Waals surface area contributed by atoms with E-state index in [9.17, 15) is 19.2 Å². The molecule has 0 radical (unpaired) electrons. The second-order valence-corrected chi connectivity index (χ2v) is 10.4. The second-order valence-electron chi connectivity index (χ2n) is 9.38. The zero-order valence-electron chi connectivity index (χ0n) is 21.8. The van der Waals surface area contributed by atoms with Crippen molar-refractivity contribution in [3.63, 3.8) is 0 Å². The van der Waals surface area contributed by atoms with E-state index in [0.29, 0.717) is 33.1 Å². The number of rotatable bonds is 6. The Kier molecular flexibility index (Phi) is 6.69. The summed E-state index contributed by atoms with van der Waals surface area (Å²) < 4.78 is 12.4. The number of hydrogen-bond acceptors (Lipinski definition) is 8. The van der Waals surface area contributed by atoms with Crippen molar-refractivity contribution in [2.45, 2.75) is 32.9 Å². The van der Waals surface area contributed by atoms with E-state index in [0.717, 1.165) is 11.3 Å². The molecule has 0 spiro atoms. The number of para-hydroxylation sites is 1. The number of fused-ring (bicyclic) bond motifs is 2. The first-order chi connectivity index (χ1) is 18.6. The molecule has 3 heterocycles. The van der Waals surface area contributed by atoms with Gasteiger partial charge in [-0.05, 0) is 44.5 Å². The van der Waals surface area contributed by atoms with Crippen molar-refractivity contribution in [2.75, 3.05) is 18.6 Å². The summed E-state index contributed by atoms with van der Waals surface area (Å²) in [7, 11) is 1.55. The normalized spacial score (nSPS) is 17.6. The Labute approximate surface area is 227 Å². The van der Waals surface area contributed by atoms with E-state index in [4.69, 9.17) is 15.2 Å². The fraction of sp³-hybridized carbons (Fsp3) is 0.250. The quantitative estimate of drug-likeness (QED) is 0.465. The van der Waals surface area contributed by atoms with Crippen LogP contribution in [0.3, 0.4) is 0 Å². The largest absolute Gasteiger partial charge is 0.497 e. The molecule has 0 fully saturated rings. The Bertz CT molecular complexity index is 1730. The fourth-order valence-electron chi connectivity index (χ4n) is 4.82. The zero-order chi connectivity index (χ0) is 28.0. The number of anilines is 1. The number of ether oxygens (including phenoxy) is 2.